The van der Waals surface area contributed by atoms with E-state index < -0.39 is 42.5 Å². The van der Waals surface area contributed by atoms with Gasteiger partial charge in [0.15, 0.2) is 12.4 Å². The quantitative estimate of drug-likeness (QED) is 0.514. The van der Waals surface area contributed by atoms with E-state index in [0.29, 0.717) is 0 Å². The maximum atomic E-state index is 11.0. The molecule has 0 unspecified atom stereocenters. The van der Waals surface area contributed by atoms with Gasteiger partial charge in [0.1, 0.15) is 12.1 Å². The summed E-state index contributed by atoms with van der Waals surface area (Å²) in [4.78, 5) is 21.9. The number of carbonyl (C=O) groups is 2. The summed E-state index contributed by atoms with van der Waals surface area (Å²) < 4.78 is 9.94. The third-order valence-corrected chi connectivity index (χ3v) is 2.50. The van der Waals surface area contributed by atoms with Gasteiger partial charge in [-0.2, -0.15) is 0 Å². The number of hydrogen-bond donors (Lipinski definition) is 3. The van der Waals surface area contributed by atoms with Gasteiger partial charge in [-0.3, -0.25) is 9.59 Å². The molecule has 0 aromatic rings. The van der Waals surface area contributed by atoms with Gasteiger partial charge in [-0.15, -0.1) is 0 Å². The fourth-order valence-corrected chi connectivity index (χ4v) is 1.75. The number of aliphatic hydroxyl groups excluding tert-OH is 2. The van der Waals surface area contributed by atoms with Crippen molar-refractivity contribution in [2.45, 2.75) is 51.4 Å². The van der Waals surface area contributed by atoms with E-state index in [1.165, 1.54) is 20.8 Å². The molecule has 0 saturated carbocycles. The lowest BCUT2D eigenvalue weighted by atomic mass is 9.97. The topological polar surface area (TPSA) is 105 Å². The van der Waals surface area contributed by atoms with E-state index in [0.717, 1.165) is 0 Å². The minimum atomic E-state index is -1.33. The number of hydrogen-bond acceptors (Lipinski definition) is 6. The molecule has 98 valence electrons. The highest BCUT2D eigenvalue weighted by molar-refractivity contribution is 5.73. The predicted octanol–water partition coefficient (Wildman–Crippen LogP) is -1.48. The zero-order chi connectivity index (χ0) is 13.2. The Hall–Kier alpha value is -1.18. The molecule has 3 N–H and O–H groups in total. The third-order valence-electron chi connectivity index (χ3n) is 2.50. The van der Waals surface area contributed by atoms with Crippen molar-refractivity contribution in [2.24, 2.45) is 0 Å². The summed E-state index contributed by atoms with van der Waals surface area (Å²) in [6.45, 7) is 3.97. The first kappa shape index (κ1) is 13.9. The summed E-state index contributed by atoms with van der Waals surface area (Å²) in [5.41, 5.74) is 0. The van der Waals surface area contributed by atoms with Crippen LogP contribution in [0.2, 0.25) is 0 Å². The summed E-state index contributed by atoms with van der Waals surface area (Å²) in [6.07, 6.45) is -4.17. The largest absolute Gasteiger partial charge is 0.457 e. The van der Waals surface area contributed by atoms with Crippen LogP contribution in [0.25, 0.3) is 0 Å². The van der Waals surface area contributed by atoms with Gasteiger partial charge in [0, 0.05) is 13.8 Å². The van der Waals surface area contributed by atoms with Gasteiger partial charge in [-0.25, -0.2) is 0 Å². The minimum absolute atomic E-state index is 0.420. The lowest BCUT2D eigenvalue weighted by molar-refractivity contribution is -0.248. The highest BCUT2D eigenvalue weighted by Gasteiger charge is 2.45. The van der Waals surface area contributed by atoms with Crippen molar-refractivity contribution in [3.8, 4) is 0 Å². The van der Waals surface area contributed by atoms with Gasteiger partial charge in [0.05, 0.1) is 6.10 Å². The molecular formula is C10H17NO6. The van der Waals surface area contributed by atoms with Gasteiger partial charge < -0.3 is 25.0 Å². The van der Waals surface area contributed by atoms with Crippen molar-refractivity contribution < 1.29 is 29.3 Å². The first-order valence-corrected chi connectivity index (χ1v) is 5.29. The van der Waals surface area contributed by atoms with Crippen LogP contribution in [0, 0.1) is 0 Å². The Morgan fingerprint density at radius 3 is 2.35 bits per heavy atom. The van der Waals surface area contributed by atoms with Gasteiger partial charge in [0.25, 0.3) is 0 Å². The smallest absolute Gasteiger partial charge is 0.303 e. The molecule has 0 aliphatic carbocycles. The second kappa shape index (κ2) is 5.44. The van der Waals surface area contributed by atoms with Crippen molar-refractivity contribution >= 4 is 11.9 Å². The van der Waals surface area contributed by atoms with E-state index in [1.54, 1.807) is 0 Å². The standard InChI is InChI=1S/C10H17NO6/c1-4-8(14)9(17-6(3)13)7(10(15)16-4)11-5(2)12/h4,7-10,14-15H,1-3H3,(H,11,12)/t4-,7-,8-,9-,10+/m1/s1. The van der Waals surface area contributed by atoms with Crippen molar-refractivity contribution in [3.05, 3.63) is 0 Å². The molecule has 1 amide bonds. The molecule has 1 heterocycles. The van der Waals surface area contributed by atoms with Gasteiger partial charge in [-0.05, 0) is 6.92 Å². The second-order valence-electron chi connectivity index (χ2n) is 4.02. The van der Waals surface area contributed by atoms with E-state index in [-0.39, 0.29) is 0 Å². The summed E-state index contributed by atoms with van der Waals surface area (Å²) in [6, 6.07) is -0.984. The number of carbonyl (C=O) groups excluding carboxylic acids is 2. The molecule has 0 radical (unpaired) electrons. The summed E-state index contributed by atoms with van der Waals surface area (Å²) >= 11 is 0. The lowest BCUT2D eigenvalue weighted by Crippen LogP contribution is -2.63. The third kappa shape index (κ3) is 3.39. The predicted molar refractivity (Wildman–Crippen MR) is 55.7 cm³/mol. The fourth-order valence-electron chi connectivity index (χ4n) is 1.75. The summed E-state index contributed by atoms with van der Waals surface area (Å²) in [5, 5.41) is 21.9. The van der Waals surface area contributed by atoms with Crippen LogP contribution in [0.1, 0.15) is 20.8 Å². The minimum Gasteiger partial charge on any atom is -0.457 e. The van der Waals surface area contributed by atoms with Gasteiger partial charge in [-0.1, -0.05) is 0 Å². The average Bonchev–Trinajstić information content (AvgIpc) is 2.19. The fraction of sp³-hybridized carbons (Fsp3) is 0.800. The number of rotatable bonds is 2. The van der Waals surface area contributed by atoms with E-state index in [1.807, 2.05) is 0 Å². The summed E-state index contributed by atoms with van der Waals surface area (Å²) in [7, 11) is 0. The van der Waals surface area contributed by atoms with E-state index in [9.17, 15) is 19.8 Å². The van der Waals surface area contributed by atoms with Crippen LogP contribution in [0.5, 0.6) is 0 Å². The van der Waals surface area contributed by atoms with Crippen molar-refractivity contribution in [1.29, 1.82) is 0 Å². The molecular weight excluding hydrogens is 230 g/mol. The van der Waals surface area contributed by atoms with E-state index in [2.05, 4.69) is 5.32 Å². The maximum Gasteiger partial charge on any atom is 0.303 e. The second-order valence-corrected chi connectivity index (χ2v) is 4.02. The molecule has 0 spiro atoms. The maximum absolute atomic E-state index is 11.0. The molecule has 1 fully saturated rings. The Balaban J connectivity index is 2.86. The van der Waals surface area contributed by atoms with Crippen LogP contribution in [-0.2, 0) is 19.1 Å². The number of esters is 1. The van der Waals surface area contributed by atoms with E-state index >= 15 is 0 Å². The summed E-state index contributed by atoms with van der Waals surface area (Å²) in [5.74, 6) is -1.03. The van der Waals surface area contributed by atoms with Crippen molar-refractivity contribution in [1.82, 2.24) is 5.32 Å². The van der Waals surface area contributed by atoms with Crippen LogP contribution >= 0.6 is 0 Å². The Morgan fingerprint density at radius 1 is 1.29 bits per heavy atom. The van der Waals surface area contributed by atoms with E-state index in [4.69, 9.17) is 9.47 Å². The SMILES string of the molecule is CC(=O)N[C@@H]1[C@@H](OC(C)=O)[C@H](O)[C@@H](C)O[C@@H]1O. The van der Waals surface area contributed by atoms with Gasteiger partial charge >= 0.3 is 5.97 Å². The number of nitrogens with one attached hydrogen (secondary N) is 1. The molecule has 0 aromatic carbocycles. The van der Waals surface area contributed by atoms with Crippen LogP contribution in [0.4, 0.5) is 0 Å². The Morgan fingerprint density at radius 2 is 1.88 bits per heavy atom. The molecule has 7 nitrogen and oxygen atoms in total. The molecule has 5 atom stereocenters. The zero-order valence-corrected chi connectivity index (χ0v) is 9.91. The molecule has 17 heavy (non-hydrogen) atoms. The molecule has 0 bridgehead atoms. The Kier molecular flexibility index (Phi) is 4.44. The van der Waals surface area contributed by atoms with Gasteiger partial charge in [0.2, 0.25) is 5.91 Å². The average molecular weight is 247 g/mol. The highest BCUT2D eigenvalue weighted by atomic mass is 16.6. The van der Waals surface area contributed by atoms with Crippen LogP contribution in [0.15, 0.2) is 0 Å². The molecule has 0 aromatic heterocycles. The molecule has 7 heteroatoms. The molecule has 1 rings (SSSR count). The number of aliphatic hydroxyl groups is 2. The Bertz CT molecular complexity index is 307. The molecule has 1 aliphatic rings. The lowest BCUT2D eigenvalue weighted by Gasteiger charge is -2.41. The zero-order valence-electron chi connectivity index (χ0n) is 9.91. The van der Waals surface area contributed by atoms with Crippen molar-refractivity contribution in [3.63, 3.8) is 0 Å². The monoisotopic (exact) mass is 247 g/mol. The van der Waals surface area contributed by atoms with Crippen LogP contribution < -0.4 is 5.32 Å². The normalized spacial score (nSPS) is 37.4. The Labute approximate surface area is 98.7 Å². The van der Waals surface area contributed by atoms with Crippen LogP contribution in [-0.4, -0.2) is 52.7 Å². The van der Waals surface area contributed by atoms with Crippen molar-refractivity contribution in [2.75, 3.05) is 0 Å². The highest BCUT2D eigenvalue weighted by Crippen LogP contribution is 2.22. The first-order valence-electron chi connectivity index (χ1n) is 5.29. The molecule has 1 aliphatic heterocycles. The molecule has 1 saturated heterocycles. The number of ether oxygens (including phenoxy) is 2. The number of amides is 1. The van der Waals surface area contributed by atoms with Crippen LogP contribution in [0.3, 0.4) is 0 Å². The first-order chi connectivity index (χ1) is 7.82.